The van der Waals surface area contributed by atoms with Crippen molar-refractivity contribution in [1.82, 2.24) is 50.6 Å². The monoisotopic (exact) mass is 1050 g/mol. The van der Waals surface area contributed by atoms with Crippen LogP contribution in [0.5, 0.6) is 5.75 Å². The van der Waals surface area contributed by atoms with Gasteiger partial charge in [-0.1, -0.05) is 60.7 Å². The second-order valence-corrected chi connectivity index (χ2v) is 23.8. The van der Waals surface area contributed by atoms with E-state index >= 15 is 0 Å². The van der Waals surface area contributed by atoms with E-state index in [0.29, 0.717) is 67.1 Å². The molecule has 21 heteroatoms. The number of aromatic amines is 1. The zero-order valence-electron chi connectivity index (χ0n) is 44.0. The molecule has 4 amide bonds. The molecule has 9 rings (SSSR count). The number of nitrogens with two attached hydrogens (primary N) is 1. The third kappa shape index (κ3) is 10.8. The van der Waals surface area contributed by atoms with E-state index < -0.39 is 68.3 Å². The Morgan fingerprint density at radius 1 is 0.882 bits per heavy atom. The molecule has 6 N–H and O–H groups in total. The fourth-order valence-corrected chi connectivity index (χ4v) is 12.0. The Balaban J connectivity index is 0.941. The number of aromatic nitrogens is 6. The minimum absolute atomic E-state index is 0.0496. The quantitative estimate of drug-likeness (QED) is 0.0884. The molecule has 20 nitrogen and oxygen atoms in total. The number of nitrogens with zero attached hydrogens (tertiary/aromatic N) is 8. The van der Waals surface area contributed by atoms with Crippen LogP contribution in [0.1, 0.15) is 92.2 Å². The number of ether oxygens (including phenoxy) is 1. The van der Waals surface area contributed by atoms with Crippen molar-refractivity contribution in [2.24, 2.45) is 17.6 Å². The highest BCUT2D eigenvalue weighted by Crippen LogP contribution is 2.43. The molecular weight excluding hydrogens is 987 g/mol. The van der Waals surface area contributed by atoms with Gasteiger partial charge in [0.25, 0.3) is 5.91 Å². The van der Waals surface area contributed by atoms with Gasteiger partial charge in [-0.05, 0) is 97.4 Å². The summed E-state index contributed by atoms with van der Waals surface area (Å²) in [5.41, 5.74) is 10.3. The van der Waals surface area contributed by atoms with Crippen molar-refractivity contribution in [3.8, 4) is 5.75 Å². The van der Waals surface area contributed by atoms with Crippen molar-refractivity contribution >= 4 is 61.8 Å². The number of primary amides is 1. The lowest BCUT2D eigenvalue weighted by Crippen LogP contribution is -2.64. The summed E-state index contributed by atoms with van der Waals surface area (Å²) >= 11 is 0. The number of fused-ring (bicyclic) bond motifs is 2. The number of anilines is 3. The molecule has 76 heavy (non-hydrogen) atoms. The van der Waals surface area contributed by atoms with Crippen LogP contribution in [0.3, 0.4) is 0 Å². The van der Waals surface area contributed by atoms with Crippen LogP contribution in [0.25, 0.3) is 10.9 Å². The highest BCUT2D eigenvalue weighted by molar-refractivity contribution is 7.92. The van der Waals surface area contributed by atoms with Gasteiger partial charge in [-0.25, -0.2) is 28.4 Å². The Labute approximate surface area is 442 Å². The zero-order valence-corrected chi connectivity index (χ0v) is 44.8. The van der Waals surface area contributed by atoms with Crippen molar-refractivity contribution in [3.63, 3.8) is 0 Å². The van der Waals surface area contributed by atoms with Gasteiger partial charge in [0.1, 0.15) is 46.4 Å². The Morgan fingerprint density at radius 3 is 2.16 bits per heavy atom. The second-order valence-electron chi connectivity index (χ2n) is 21.2. The predicted molar refractivity (Wildman–Crippen MR) is 288 cm³/mol. The molecular formula is C55H67N13O7S. The maximum Gasteiger partial charge on any atom is 0.274 e. The highest BCUT2D eigenvalue weighted by Gasteiger charge is 2.51. The van der Waals surface area contributed by atoms with Crippen molar-refractivity contribution < 1.29 is 32.3 Å². The first-order valence-electron chi connectivity index (χ1n) is 25.8. The molecule has 6 aromatic rings. The molecule has 0 aliphatic carbocycles. The molecule has 3 fully saturated rings. The van der Waals surface area contributed by atoms with Crippen LogP contribution in [0.2, 0.25) is 0 Å². The lowest BCUT2D eigenvalue weighted by atomic mass is 9.75. The summed E-state index contributed by atoms with van der Waals surface area (Å²) in [6.07, 6.45) is 6.66. The molecule has 5 unspecified atom stereocenters. The molecule has 0 saturated carbocycles. The molecule has 5 atom stereocenters. The van der Waals surface area contributed by atoms with E-state index in [1.54, 1.807) is 62.9 Å². The number of carbonyl (C=O) groups is 4. The number of aryl methyl sites for hydroxylation is 1. The molecule has 3 aliphatic rings. The first kappa shape index (κ1) is 53.3. The summed E-state index contributed by atoms with van der Waals surface area (Å²) in [5, 5.41) is 16.8. The fourth-order valence-electron chi connectivity index (χ4n) is 10.6. The molecule has 3 aromatic heterocycles. The first-order chi connectivity index (χ1) is 36.3. The summed E-state index contributed by atoms with van der Waals surface area (Å²) in [7, 11) is -2.26. The van der Waals surface area contributed by atoms with Gasteiger partial charge in [0, 0.05) is 60.2 Å². The Bertz CT molecular complexity index is 3160. The zero-order chi connectivity index (χ0) is 54.1. The SMILES string of the molecule is CNC(C)C(=O)NC1CN(C(=O)c2cnc(N3CCC(COc4cc5ncnc(Nc6n[nH]c(C)c6C)c5cc4S(=O)(=O)C(C)(C)C)CC3)cn2)CC(C(c2ccccc2)c2ccccc2)C2CCC(C(N)=O)N2C1=O. The van der Waals surface area contributed by atoms with Crippen LogP contribution in [0, 0.1) is 25.7 Å². The number of sulfone groups is 1. The van der Waals surface area contributed by atoms with Gasteiger partial charge < -0.3 is 41.1 Å². The van der Waals surface area contributed by atoms with Gasteiger partial charge in [0.15, 0.2) is 15.7 Å². The van der Waals surface area contributed by atoms with Crippen molar-refractivity contribution in [1.29, 1.82) is 0 Å². The van der Waals surface area contributed by atoms with Gasteiger partial charge >= 0.3 is 0 Å². The van der Waals surface area contributed by atoms with Crippen molar-refractivity contribution in [2.45, 2.75) is 107 Å². The van der Waals surface area contributed by atoms with E-state index in [0.717, 1.165) is 22.4 Å². The summed E-state index contributed by atoms with van der Waals surface area (Å²) in [5.74, 6) is -0.862. The van der Waals surface area contributed by atoms with Gasteiger partial charge in [0.05, 0.1) is 41.9 Å². The van der Waals surface area contributed by atoms with Crippen molar-refractivity contribution in [2.75, 3.05) is 50.1 Å². The largest absolute Gasteiger partial charge is 0.492 e. The van der Waals surface area contributed by atoms with Crippen LogP contribution in [-0.2, 0) is 24.2 Å². The van der Waals surface area contributed by atoms with Crippen LogP contribution in [0.4, 0.5) is 17.5 Å². The maximum atomic E-state index is 15.0. The number of nitrogens with one attached hydrogen (secondary N) is 4. The van der Waals surface area contributed by atoms with E-state index in [9.17, 15) is 27.6 Å². The van der Waals surface area contributed by atoms with E-state index in [1.165, 1.54) is 12.5 Å². The minimum Gasteiger partial charge on any atom is -0.492 e. The van der Waals surface area contributed by atoms with Gasteiger partial charge in [-0.2, -0.15) is 5.10 Å². The maximum absolute atomic E-state index is 15.0. The molecule has 0 radical (unpaired) electrons. The summed E-state index contributed by atoms with van der Waals surface area (Å²) in [6, 6.07) is 19.9. The molecule has 6 heterocycles. The Morgan fingerprint density at radius 2 is 1.57 bits per heavy atom. The molecule has 0 bridgehead atoms. The predicted octanol–water partition coefficient (Wildman–Crippen LogP) is 5.21. The summed E-state index contributed by atoms with van der Waals surface area (Å²) in [4.78, 5) is 80.1. The topological polar surface area (TPSA) is 264 Å². The summed E-state index contributed by atoms with van der Waals surface area (Å²) in [6.45, 7) is 11.9. The number of hydrogen-bond acceptors (Lipinski definition) is 15. The fraction of sp³-hybridized carbons (Fsp3) is 0.436. The number of piperidine rings is 1. The van der Waals surface area contributed by atoms with E-state index in [2.05, 4.69) is 46.0 Å². The first-order valence-corrected chi connectivity index (χ1v) is 27.3. The second kappa shape index (κ2) is 22.0. The number of amides is 4. The number of carbonyl (C=O) groups excluding carboxylic acids is 4. The number of rotatable bonds is 15. The average Bonchev–Trinajstić information content (AvgIpc) is 4.06. The van der Waals surface area contributed by atoms with Gasteiger partial charge in [-0.3, -0.25) is 24.3 Å². The number of likely N-dealkylation sites (N-methyl/N-ethyl adjacent to an activating group) is 1. The van der Waals surface area contributed by atoms with Crippen LogP contribution < -0.4 is 31.3 Å². The van der Waals surface area contributed by atoms with Crippen molar-refractivity contribution in [3.05, 3.63) is 120 Å². The van der Waals surface area contributed by atoms with E-state index in [4.69, 9.17) is 15.5 Å². The number of hydrogen-bond donors (Lipinski definition) is 5. The van der Waals surface area contributed by atoms with E-state index in [1.807, 2.05) is 74.5 Å². The number of H-pyrrole nitrogens is 1. The smallest absolute Gasteiger partial charge is 0.274 e. The third-order valence-corrected chi connectivity index (χ3v) is 17.9. The van der Waals surface area contributed by atoms with Crippen LogP contribution in [0.15, 0.2) is 96.4 Å². The average molecular weight is 1050 g/mol. The Kier molecular flexibility index (Phi) is 15.4. The standard InChI is InChI=1S/C55H67N13O7S/c1-32-33(2)64-65-50(32)63-51-38-24-46(76(73,74)55(4,5)6)45(25-40(38)60-31-61-51)75-30-35-20-22-66(23-21-35)47-27-58-41(26-59-47)53(71)67-28-39(48(36-14-10-8-11-15-36)37-16-12-9-13-17-37)43-18-19-44(49(56)69)68(43)54(72)42(29-67)62-52(70)34(3)57-7/h8-17,24-27,31,34-35,39,42-44,48,57H,18-23,28-30H2,1-7H3,(H2,56,69)(H,62,70)(H2,60,61,63,64,65). The minimum atomic E-state index is -3.89. The number of benzene rings is 3. The lowest BCUT2D eigenvalue weighted by Gasteiger charge is -2.45. The molecule has 0 spiro atoms. The molecule has 400 valence electrons. The highest BCUT2D eigenvalue weighted by atomic mass is 32.2. The molecule has 3 aliphatic heterocycles. The van der Waals surface area contributed by atoms with Crippen LogP contribution >= 0.6 is 0 Å². The Hall–Kier alpha value is -7.52. The normalized spacial score (nSPS) is 20.0. The van der Waals surface area contributed by atoms with Gasteiger partial charge in [-0.15, -0.1) is 0 Å². The molecule has 3 aromatic carbocycles. The van der Waals surface area contributed by atoms with Crippen LogP contribution in [-0.4, -0.2) is 141 Å². The molecule has 3 saturated heterocycles. The lowest BCUT2D eigenvalue weighted by molar-refractivity contribution is -0.145. The van der Waals surface area contributed by atoms with E-state index in [-0.39, 0.29) is 47.9 Å². The summed E-state index contributed by atoms with van der Waals surface area (Å²) < 4.78 is 33.6. The van der Waals surface area contributed by atoms with Gasteiger partial charge in [0.2, 0.25) is 17.7 Å². The third-order valence-electron chi connectivity index (χ3n) is 15.4.